The van der Waals surface area contributed by atoms with Gasteiger partial charge in [-0.3, -0.25) is 9.69 Å². The fourth-order valence-electron chi connectivity index (χ4n) is 4.75. The van der Waals surface area contributed by atoms with Crippen LogP contribution in [0.1, 0.15) is 36.9 Å². The molecule has 0 unspecified atom stereocenters. The molecule has 0 saturated carbocycles. The summed E-state index contributed by atoms with van der Waals surface area (Å²) in [6.45, 7) is 3.74. The minimum atomic E-state index is -0.541. The number of halogens is 1. The van der Waals surface area contributed by atoms with Crippen LogP contribution in [0.15, 0.2) is 59.1 Å². The number of rotatable bonds is 3. The number of aliphatic hydroxyl groups excluding tert-OH is 1. The molecule has 4 rings (SSSR count). The van der Waals surface area contributed by atoms with Crippen molar-refractivity contribution in [1.82, 2.24) is 9.80 Å². The molecule has 4 atom stereocenters. The molecule has 1 N–H and O–H groups in total. The molecular formula is C23H27BrN2O2. The van der Waals surface area contributed by atoms with Crippen molar-refractivity contribution in [2.45, 2.75) is 44.5 Å². The van der Waals surface area contributed by atoms with E-state index in [-0.39, 0.29) is 18.0 Å². The Morgan fingerprint density at radius 1 is 1.04 bits per heavy atom. The third kappa shape index (κ3) is 4.02. The largest absolute Gasteiger partial charge is 0.390 e. The second kappa shape index (κ2) is 8.36. The zero-order valence-electron chi connectivity index (χ0n) is 16.2. The molecule has 4 nitrogen and oxygen atoms in total. The van der Waals surface area contributed by atoms with Crippen LogP contribution in [0.4, 0.5) is 0 Å². The van der Waals surface area contributed by atoms with E-state index in [4.69, 9.17) is 0 Å². The monoisotopic (exact) mass is 442 g/mol. The Balaban J connectivity index is 1.62. The lowest BCUT2D eigenvalue weighted by molar-refractivity contribution is -0.139. The lowest BCUT2D eigenvalue weighted by Gasteiger charge is -2.44. The summed E-state index contributed by atoms with van der Waals surface area (Å²) in [5.74, 6) is 0.590. The fraction of sp³-hybridized carbons (Fsp3) is 0.435. The summed E-state index contributed by atoms with van der Waals surface area (Å²) in [4.78, 5) is 17.5. The molecule has 2 fully saturated rings. The van der Waals surface area contributed by atoms with Crippen molar-refractivity contribution in [1.29, 1.82) is 0 Å². The van der Waals surface area contributed by atoms with Gasteiger partial charge in [-0.05, 0) is 42.0 Å². The van der Waals surface area contributed by atoms with Gasteiger partial charge < -0.3 is 10.0 Å². The number of carbonyl (C=O) groups excluding carboxylic acids is 1. The number of aliphatic hydroxyl groups is 1. The highest BCUT2D eigenvalue weighted by molar-refractivity contribution is 9.10. The number of hydrogen-bond donors (Lipinski definition) is 1. The van der Waals surface area contributed by atoms with Gasteiger partial charge in [-0.15, -0.1) is 0 Å². The summed E-state index contributed by atoms with van der Waals surface area (Å²) in [7, 11) is 0. The molecule has 0 radical (unpaired) electrons. The zero-order chi connectivity index (χ0) is 19.7. The lowest BCUT2D eigenvalue weighted by atomic mass is 9.82. The first-order valence-electron chi connectivity index (χ1n) is 10.0. The second-order valence-electron chi connectivity index (χ2n) is 8.12. The van der Waals surface area contributed by atoms with Gasteiger partial charge in [-0.2, -0.15) is 0 Å². The summed E-state index contributed by atoms with van der Waals surface area (Å²) in [5, 5.41) is 10.7. The van der Waals surface area contributed by atoms with E-state index in [1.165, 1.54) is 5.56 Å². The van der Waals surface area contributed by atoms with E-state index in [9.17, 15) is 9.90 Å². The molecule has 2 aromatic carbocycles. The number of β-amino-alcohol motifs (C(OH)–C–C–N with tert-alkyl or cyclic N) is 1. The van der Waals surface area contributed by atoms with Crippen LogP contribution in [0, 0.1) is 5.92 Å². The zero-order valence-corrected chi connectivity index (χ0v) is 17.8. The van der Waals surface area contributed by atoms with Crippen molar-refractivity contribution in [3.05, 3.63) is 70.2 Å². The minimum Gasteiger partial charge on any atom is -0.390 e. The van der Waals surface area contributed by atoms with Crippen LogP contribution >= 0.6 is 15.9 Å². The summed E-state index contributed by atoms with van der Waals surface area (Å²) in [5.41, 5.74) is 2.32. The molecule has 148 valence electrons. The number of hydrogen-bond acceptors (Lipinski definition) is 3. The quantitative estimate of drug-likeness (QED) is 0.780. The number of nitrogens with zero attached hydrogens (tertiary/aromatic N) is 2. The van der Waals surface area contributed by atoms with Crippen molar-refractivity contribution in [2.75, 3.05) is 13.1 Å². The van der Waals surface area contributed by atoms with Crippen LogP contribution in [-0.4, -0.2) is 46.0 Å². The topological polar surface area (TPSA) is 43.8 Å². The Labute approximate surface area is 175 Å². The fourth-order valence-corrected chi connectivity index (χ4v) is 5.02. The summed E-state index contributed by atoms with van der Waals surface area (Å²) in [6.07, 6.45) is 1.33. The van der Waals surface area contributed by atoms with Crippen molar-refractivity contribution in [3.63, 3.8) is 0 Å². The Morgan fingerprint density at radius 3 is 2.46 bits per heavy atom. The molecule has 2 aromatic rings. The Morgan fingerprint density at radius 2 is 1.75 bits per heavy atom. The molecule has 1 amide bonds. The Hall–Kier alpha value is -1.69. The predicted octanol–water partition coefficient (Wildman–Crippen LogP) is 3.99. The standard InChI is InChI=1S/C23H27BrN2O2/c1-16-7-12-21-23(28)25(13-17-5-3-2-4-6-17)14-20(27)15-26(21)22(16)18-8-10-19(24)11-9-18/h2-6,8-11,16,20-22,27H,7,12-15H2,1H3/t16-,20+,21+,22-/m1/s1. The molecule has 2 aliphatic heterocycles. The third-order valence-corrected chi connectivity index (χ3v) is 6.60. The van der Waals surface area contributed by atoms with Crippen molar-refractivity contribution < 1.29 is 9.90 Å². The second-order valence-corrected chi connectivity index (χ2v) is 9.04. The molecular weight excluding hydrogens is 416 g/mol. The van der Waals surface area contributed by atoms with Gasteiger partial charge >= 0.3 is 0 Å². The van der Waals surface area contributed by atoms with E-state index in [0.717, 1.165) is 22.9 Å². The summed E-state index contributed by atoms with van der Waals surface area (Å²) < 4.78 is 1.05. The SMILES string of the molecule is C[C@@H]1CC[C@H]2C(=O)N(Cc3ccccc3)C[C@H](O)CN2[C@H]1c1ccc(Br)cc1. The van der Waals surface area contributed by atoms with Crippen LogP contribution in [0.3, 0.4) is 0 Å². The van der Waals surface area contributed by atoms with Gasteiger partial charge in [-0.25, -0.2) is 0 Å². The smallest absolute Gasteiger partial charge is 0.240 e. The average molecular weight is 443 g/mol. The highest BCUT2D eigenvalue weighted by Crippen LogP contribution is 2.40. The maximum absolute atomic E-state index is 13.4. The summed E-state index contributed by atoms with van der Waals surface area (Å²) in [6, 6.07) is 18.4. The lowest BCUT2D eigenvalue weighted by Crippen LogP contribution is -2.51. The van der Waals surface area contributed by atoms with Gasteiger partial charge in [0, 0.05) is 30.1 Å². The molecule has 28 heavy (non-hydrogen) atoms. The molecule has 0 spiro atoms. The summed E-state index contributed by atoms with van der Waals surface area (Å²) >= 11 is 3.51. The average Bonchev–Trinajstić information content (AvgIpc) is 2.80. The molecule has 2 aliphatic rings. The molecule has 2 heterocycles. The van der Waals surface area contributed by atoms with Crippen molar-refractivity contribution in [2.24, 2.45) is 5.92 Å². The number of benzene rings is 2. The predicted molar refractivity (Wildman–Crippen MR) is 114 cm³/mol. The molecule has 2 saturated heterocycles. The third-order valence-electron chi connectivity index (χ3n) is 6.07. The van der Waals surface area contributed by atoms with Crippen LogP contribution < -0.4 is 0 Å². The molecule has 0 aliphatic carbocycles. The van der Waals surface area contributed by atoms with Gasteiger partial charge in [0.1, 0.15) is 0 Å². The van der Waals surface area contributed by atoms with Gasteiger partial charge in [0.2, 0.25) is 5.91 Å². The van der Waals surface area contributed by atoms with Crippen molar-refractivity contribution >= 4 is 21.8 Å². The van der Waals surface area contributed by atoms with E-state index in [1.807, 2.05) is 35.2 Å². The minimum absolute atomic E-state index is 0.148. The van der Waals surface area contributed by atoms with Gasteiger partial charge in [0.05, 0.1) is 12.1 Å². The van der Waals surface area contributed by atoms with E-state index in [2.05, 4.69) is 52.0 Å². The van der Waals surface area contributed by atoms with Crippen molar-refractivity contribution in [3.8, 4) is 0 Å². The van der Waals surface area contributed by atoms with E-state index >= 15 is 0 Å². The highest BCUT2D eigenvalue weighted by Gasteiger charge is 2.44. The van der Waals surface area contributed by atoms with Crippen LogP contribution in [0.2, 0.25) is 0 Å². The normalized spacial score (nSPS) is 28.7. The maximum atomic E-state index is 13.4. The first kappa shape index (κ1) is 19.6. The number of carbonyl (C=O) groups is 1. The molecule has 0 aromatic heterocycles. The van der Waals surface area contributed by atoms with Crippen LogP contribution in [-0.2, 0) is 11.3 Å². The number of amides is 1. The highest BCUT2D eigenvalue weighted by atomic mass is 79.9. The van der Waals surface area contributed by atoms with Crippen LogP contribution in [0.5, 0.6) is 0 Å². The van der Waals surface area contributed by atoms with E-state index < -0.39 is 6.10 Å². The number of fused-ring (bicyclic) bond motifs is 1. The molecule has 0 bridgehead atoms. The first-order valence-corrected chi connectivity index (χ1v) is 10.8. The van der Waals surface area contributed by atoms with Gasteiger partial charge in [0.25, 0.3) is 0 Å². The Kier molecular flexibility index (Phi) is 5.85. The van der Waals surface area contributed by atoms with Gasteiger partial charge in [-0.1, -0.05) is 65.3 Å². The maximum Gasteiger partial charge on any atom is 0.240 e. The van der Waals surface area contributed by atoms with E-state index in [0.29, 0.717) is 25.6 Å². The number of piperidine rings is 1. The molecule has 5 heteroatoms. The van der Waals surface area contributed by atoms with Crippen LogP contribution in [0.25, 0.3) is 0 Å². The van der Waals surface area contributed by atoms with E-state index in [1.54, 1.807) is 0 Å². The first-order chi connectivity index (χ1) is 13.5. The Bertz CT molecular complexity index is 811. The van der Waals surface area contributed by atoms with Gasteiger partial charge in [0.15, 0.2) is 0 Å².